The molecular formula is C24H34N4. The SMILES string of the molecule is CC.CCc1ccc(C)cc1.Cc1ccc2c(c1)N(CCn1cncn1)CC2. The summed E-state index contributed by atoms with van der Waals surface area (Å²) in [6.45, 7) is 13.4. The number of aryl methyl sites for hydroxylation is 3. The fourth-order valence-corrected chi connectivity index (χ4v) is 3.18. The summed E-state index contributed by atoms with van der Waals surface area (Å²) >= 11 is 0. The number of aromatic nitrogens is 3. The van der Waals surface area contributed by atoms with Crippen molar-refractivity contribution in [1.82, 2.24) is 14.8 Å². The topological polar surface area (TPSA) is 34.0 Å². The quantitative estimate of drug-likeness (QED) is 0.623. The van der Waals surface area contributed by atoms with Crippen LogP contribution in [0.1, 0.15) is 43.0 Å². The van der Waals surface area contributed by atoms with Gasteiger partial charge in [0.15, 0.2) is 0 Å². The van der Waals surface area contributed by atoms with Crippen molar-refractivity contribution in [2.24, 2.45) is 0 Å². The summed E-state index contributed by atoms with van der Waals surface area (Å²) in [7, 11) is 0. The van der Waals surface area contributed by atoms with E-state index in [-0.39, 0.29) is 0 Å². The predicted octanol–water partition coefficient (Wildman–Crippen LogP) is 5.23. The minimum Gasteiger partial charge on any atom is -0.369 e. The molecule has 150 valence electrons. The normalized spacial score (nSPS) is 11.8. The van der Waals surface area contributed by atoms with Crippen LogP contribution in [-0.4, -0.2) is 27.9 Å². The molecule has 0 N–H and O–H groups in total. The second kappa shape index (κ2) is 11.3. The maximum absolute atomic E-state index is 4.13. The molecule has 0 bridgehead atoms. The van der Waals surface area contributed by atoms with Gasteiger partial charge in [0.2, 0.25) is 0 Å². The molecule has 4 nitrogen and oxygen atoms in total. The van der Waals surface area contributed by atoms with Gasteiger partial charge in [0.25, 0.3) is 0 Å². The lowest BCUT2D eigenvalue weighted by Crippen LogP contribution is -2.25. The predicted molar refractivity (Wildman–Crippen MR) is 119 cm³/mol. The molecular weight excluding hydrogens is 344 g/mol. The van der Waals surface area contributed by atoms with E-state index in [9.17, 15) is 0 Å². The Balaban J connectivity index is 0.000000216. The molecule has 4 rings (SSSR count). The third-order valence-corrected chi connectivity index (χ3v) is 4.83. The van der Waals surface area contributed by atoms with E-state index in [0.29, 0.717) is 0 Å². The lowest BCUT2D eigenvalue weighted by atomic mass is 10.1. The summed E-state index contributed by atoms with van der Waals surface area (Å²) < 4.78 is 1.88. The van der Waals surface area contributed by atoms with Gasteiger partial charge >= 0.3 is 0 Å². The van der Waals surface area contributed by atoms with E-state index in [1.807, 2.05) is 18.5 Å². The molecule has 0 unspecified atom stereocenters. The highest BCUT2D eigenvalue weighted by atomic mass is 15.3. The number of nitrogens with zero attached hydrogens (tertiary/aromatic N) is 4. The van der Waals surface area contributed by atoms with Crippen molar-refractivity contribution in [2.45, 2.75) is 54.0 Å². The van der Waals surface area contributed by atoms with Gasteiger partial charge in [0, 0.05) is 18.8 Å². The Labute approximate surface area is 170 Å². The highest BCUT2D eigenvalue weighted by molar-refractivity contribution is 5.59. The molecule has 0 atom stereocenters. The highest BCUT2D eigenvalue weighted by Crippen LogP contribution is 2.28. The first-order valence-electron chi connectivity index (χ1n) is 10.4. The maximum Gasteiger partial charge on any atom is 0.137 e. The lowest BCUT2D eigenvalue weighted by Gasteiger charge is -2.19. The number of hydrogen-bond acceptors (Lipinski definition) is 3. The van der Waals surface area contributed by atoms with Gasteiger partial charge in [-0.15, -0.1) is 0 Å². The molecule has 2 aromatic carbocycles. The van der Waals surface area contributed by atoms with Crippen molar-refractivity contribution in [3.63, 3.8) is 0 Å². The van der Waals surface area contributed by atoms with Crippen LogP contribution in [0, 0.1) is 13.8 Å². The zero-order valence-electron chi connectivity index (χ0n) is 18.0. The zero-order valence-corrected chi connectivity index (χ0v) is 18.0. The number of benzene rings is 2. The molecule has 0 amide bonds. The fourth-order valence-electron chi connectivity index (χ4n) is 3.18. The maximum atomic E-state index is 4.13. The van der Waals surface area contributed by atoms with Gasteiger partial charge in [-0.2, -0.15) is 5.10 Å². The first-order chi connectivity index (χ1) is 13.7. The molecule has 1 aliphatic rings. The molecule has 0 saturated heterocycles. The Hall–Kier alpha value is -2.62. The molecule has 0 spiro atoms. The van der Waals surface area contributed by atoms with Gasteiger partial charge in [0.05, 0.1) is 6.54 Å². The van der Waals surface area contributed by atoms with Crippen LogP contribution >= 0.6 is 0 Å². The van der Waals surface area contributed by atoms with Crippen LogP contribution < -0.4 is 4.90 Å². The number of rotatable bonds is 4. The van der Waals surface area contributed by atoms with Crippen LogP contribution in [-0.2, 0) is 19.4 Å². The molecule has 0 radical (unpaired) electrons. The van der Waals surface area contributed by atoms with Gasteiger partial charge in [-0.25, -0.2) is 4.98 Å². The van der Waals surface area contributed by atoms with Gasteiger partial charge in [0.1, 0.15) is 12.7 Å². The molecule has 1 aliphatic heterocycles. The summed E-state index contributed by atoms with van der Waals surface area (Å²) in [5.74, 6) is 0. The summed E-state index contributed by atoms with van der Waals surface area (Å²) in [6, 6.07) is 15.4. The average molecular weight is 379 g/mol. The standard InChI is InChI=1S/C13H16N4.C9H12.C2H6/c1-11-2-3-12-4-5-16(13(12)8-11)6-7-17-10-14-9-15-17;1-3-9-6-4-8(2)5-7-9;1-2/h2-3,8-10H,4-7H2,1H3;4-7H,3H2,1-2H3;1-2H3. The molecule has 28 heavy (non-hydrogen) atoms. The van der Waals surface area contributed by atoms with Crippen molar-refractivity contribution in [2.75, 3.05) is 18.0 Å². The molecule has 0 aliphatic carbocycles. The first kappa shape index (κ1) is 21.7. The largest absolute Gasteiger partial charge is 0.369 e. The highest BCUT2D eigenvalue weighted by Gasteiger charge is 2.18. The van der Waals surface area contributed by atoms with Crippen molar-refractivity contribution >= 4 is 5.69 Å². The van der Waals surface area contributed by atoms with E-state index < -0.39 is 0 Å². The molecule has 0 fully saturated rings. The first-order valence-corrected chi connectivity index (χ1v) is 10.4. The van der Waals surface area contributed by atoms with Crippen LogP contribution in [0.2, 0.25) is 0 Å². The van der Waals surface area contributed by atoms with Crippen LogP contribution in [0.15, 0.2) is 55.1 Å². The van der Waals surface area contributed by atoms with Crippen molar-refractivity contribution in [1.29, 1.82) is 0 Å². The Morgan fingerprint density at radius 2 is 1.64 bits per heavy atom. The van der Waals surface area contributed by atoms with E-state index in [4.69, 9.17) is 0 Å². The summed E-state index contributed by atoms with van der Waals surface area (Å²) in [5.41, 5.74) is 6.95. The minimum atomic E-state index is 0.896. The summed E-state index contributed by atoms with van der Waals surface area (Å²) in [6.07, 6.45) is 5.66. The molecule has 2 heterocycles. The lowest BCUT2D eigenvalue weighted by molar-refractivity contribution is 0.601. The monoisotopic (exact) mass is 378 g/mol. The van der Waals surface area contributed by atoms with E-state index in [1.54, 1.807) is 12.7 Å². The third-order valence-electron chi connectivity index (χ3n) is 4.83. The molecule has 3 aromatic rings. The van der Waals surface area contributed by atoms with Crippen LogP contribution in [0.3, 0.4) is 0 Å². The Morgan fingerprint density at radius 3 is 2.29 bits per heavy atom. The van der Waals surface area contributed by atoms with Crippen molar-refractivity contribution in [3.8, 4) is 0 Å². The second-order valence-corrected chi connectivity index (χ2v) is 6.87. The van der Waals surface area contributed by atoms with E-state index in [2.05, 4.69) is 78.2 Å². The molecule has 0 saturated carbocycles. The average Bonchev–Trinajstić information content (AvgIpc) is 3.38. The van der Waals surface area contributed by atoms with Crippen LogP contribution in [0.4, 0.5) is 5.69 Å². The number of hydrogen-bond donors (Lipinski definition) is 0. The minimum absolute atomic E-state index is 0.896. The Kier molecular flexibility index (Phi) is 8.73. The van der Waals surface area contributed by atoms with Gasteiger partial charge in [-0.3, -0.25) is 4.68 Å². The Morgan fingerprint density at radius 1 is 0.929 bits per heavy atom. The third kappa shape index (κ3) is 6.22. The van der Waals surface area contributed by atoms with Gasteiger partial charge < -0.3 is 4.90 Å². The zero-order chi connectivity index (χ0) is 20.4. The molecule has 1 aromatic heterocycles. The number of anilines is 1. The van der Waals surface area contributed by atoms with Crippen LogP contribution in [0.5, 0.6) is 0 Å². The van der Waals surface area contributed by atoms with Crippen molar-refractivity contribution in [3.05, 3.63) is 77.4 Å². The number of fused-ring (bicyclic) bond motifs is 1. The van der Waals surface area contributed by atoms with Gasteiger partial charge in [-0.05, 0) is 49.4 Å². The Bertz CT molecular complexity index is 807. The van der Waals surface area contributed by atoms with E-state index in [1.165, 1.54) is 27.9 Å². The van der Waals surface area contributed by atoms with Gasteiger partial charge in [-0.1, -0.05) is 62.7 Å². The fraction of sp³-hybridized carbons (Fsp3) is 0.417. The second-order valence-electron chi connectivity index (χ2n) is 6.87. The van der Waals surface area contributed by atoms with E-state index >= 15 is 0 Å². The summed E-state index contributed by atoms with van der Waals surface area (Å²) in [5, 5.41) is 4.13. The summed E-state index contributed by atoms with van der Waals surface area (Å²) in [4.78, 5) is 6.39. The van der Waals surface area contributed by atoms with E-state index in [0.717, 1.165) is 32.5 Å². The smallest absolute Gasteiger partial charge is 0.137 e. The van der Waals surface area contributed by atoms with Crippen LogP contribution in [0.25, 0.3) is 0 Å². The molecule has 4 heteroatoms. The van der Waals surface area contributed by atoms with Crippen molar-refractivity contribution < 1.29 is 0 Å².